The Hall–Kier alpha value is -1.42. The summed E-state index contributed by atoms with van der Waals surface area (Å²) >= 11 is 0. The van der Waals surface area contributed by atoms with Crippen molar-refractivity contribution in [2.45, 2.75) is 18.9 Å². The Kier molecular flexibility index (Phi) is 2.63. The second-order valence-corrected chi connectivity index (χ2v) is 3.32. The highest BCUT2D eigenvalue weighted by Crippen LogP contribution is 2.21. The van der Waals surface area contributed by atoms with E-state index in [-0.39, 0.29) is 0 Å². The van der Waals surface area contributed by atoms with Crippen molar-refractivity contribution < 1.29 is 9.59 Å². The van der Waals surface area contributed by atoms with E-state index in [1.165, 1.54) is 0 Å². The first-order valence-electron chi connectivity index (χ1n) is 3.95. The third-order valence-corrected chi connectivity index (χ3v) is 1.89. The van der Waals surface area contributed by atoms with Gasteiger partial charge in [0.15, 0.2) is 0 Å². The quantitative estimate of drug-likeness (QED) is 0.629. The zero-order valence-electron chi connectivity index (χ0n) is 7.43. The summed E-state index contributed by atoms with van der Waals surface area (Å²) in [7, 11) is 0. The lowest BCUT2D eigenvalue weighted by molar-refractivity contribution is -0.127. The number of amides is 2. The van der Waals surface area contributed by atoms with E-state index in [1.54, 1.807) is 12.2 Å². The van der Waals surface area contributed by atoms with Gasteiger partial charge < -0.3 is 5.73 Å². The molecule has 0 aromatic rings. The fourth-order valence-electron chi connectivity index (χ4n) is 1.22. The molecule has 2 N–H and O–H groups in total. The number of hydrogen-bond acceptors (Lipinski definition) is 3. The summed E-state index contributed by atoms with van der Waals surface area (Å²) in [6.45, 7) is 1.84. The van der Waals surface area contributed by atoms with E-state index in [0.29, 0.717) is 24.9 Å². The molecule has 0 spiro atoms. The van der Waals surface area contributed by atoms with Gasteiger partial charge >= 0.3 is 0 Å². The van der Waals surface area contributed by atoms with Gasteiger partial charge in [-0.2, -0.15) is 0 Å². The van der Waals surface area contributed by atoms with Gasteiger partial charge in [0, 0.05) is 17.7 Å². The molecule has 13 heavy (non-hydrogen) atoms. The molecule has 1 rings (SSSR count). The molecule has 0 fully saturated rings. The number of nitrogens with zero attached hydrogens (tertiary/aromatic N) is 1. The molecule has 0 aromatic carbocycles. The summed E-state index contributed by atoms with van der Waals surface area (Å²) in [5.74, 6) is 0. The van der Waals surface area contributed by atoms with Crippen molar-refractivity contribution in [1.82, 2.24) is 4.90 Å². The topological polar surface area (TPSA) is 63.4 Å². The number of hydrogen-bond donors (Lipinski definition) is 1. The largest absolute Gasteiger partial charge is 0.322 e. The highest BCUT2D eigenvalue weighted by molar-refractivity contribution is 5.72. The molecule has 1 unspecified atom stereocenters. The van der Waals surface area contributed by atoms with E-state index < -0.39 is 5.54 Å². The summed E-state index contributed by atoms with van der Waals surface area (Å²) < 4.78 is 0. The van der Waals surface area contributed by atoms with Gasteiger partial charge in [-0.3, -0.25) is 14.5 Å². The SMILES string of the molecule is CC1(N)C=CC=C(N(C=O)C=O)C1. The van der Waals surface area contributed by atoms with Gasteiger partial charge in [0.25, 0.3) is 0 Å². The fourth-order valence-corrected chi connectivity index (χ4v) is 1.22. The van der Waals surface area contributed by atoms with Crippen LogP contribution in [0.15, 0.2) is 23.9 Å². The lowest BCUT2D eigenvalue weighted by Crippen LogP contribution is -2.38. The second-order valence-electron chi connectivity index (χ2n) is 3.32. The van der Waals surface area contributed by atoms with Crippen molar-refractivity contribution in [1.29, 1.82) is 0 Å². The number of imide groups is 1. The van der Waals surface area contributed by atoms with Crippen molar-refractivity contribution in [3.8, 4) is 0 Å². The molecule has 1 atom stereocenters. The summed E-state index contributed by atoms with van der Waals surface area (Å²) in [6, 6.07) is 0. The third kappa shape index (κ3) is 2.26. The van der Waals surface area contributed by atoms with Gasteiger partial charge in [-0.05, 0) is 13.0 Å². The van der Waals surface area contributed by atoms with E-state index >= 15 is 0 Å². The Balaban J connectivity index is 2.83. The molecule has 1 aliphatic rings. The van der Waals surface area contributed by atoms with Crippen LogP contribution in [0.1, 0.15) is 13.3 Å². The number of nitrogens with two attached hydrogens (primary N) is 1. The summed E-state index contributed by atoms with van der Waals surface area (Å²) in [4.78, 5) is 21.9. The molecule has 0 bridgehead atoms. The third-order valence-electron chi connectivity index (χ3n) is 1.89. The number of allylic oxidation sites excluding steroid dienone is 2. The van der Waals surface area contributed by atoms with Crippen LogP contribution >= 0.6 is 0 Å². The highest BCUT2D eigenvalue weighted by atomic mass is 16.2. The van der Waals surface area contributed by atoms with Gasteiger partial charge in [-0.15, -0.1) is 0 Å². The van der Waals surface area contributed by atoms with Crippen molar-refractivity contribution in [3.05, 3.63) is 23.9 Å². The monoisotopic (exact) mass is 180 g/mol. The minimum Gasteiger partial charge on any atom is -0.322 e. The predicted octanol–water partition coefficient (Wildman–Crippen LogP) is 0.162. The summed E-state index contributed by atoms with van der Waals surface area (Å²) in [6.07, 6.45) is 6.74. The van der Waals surface area contributed by atoms with Gasteiger partial charge in [-0.1, -0.05) is 12.2 Å². The number of rotatable bonds is 3. The minimum absolute atomic E-state index is 0.478. The Bertz CT molecular complexity index is 271. The average Bonchev–Trinajstić information content (AvgIpc) is 2.05. The van der Waals surface area contributed by atoms with Crippen LogP contribution in [0.25, 0.3) is 0 Å². The van der Waals surface area contributed by atoms with E-state index in [1.807, 2.05) is 13.0 Å². The number of carbonyl (C=O) groups is 2. The maximum Gasteiger partial charge on any atom is 0.220 e. The van der Waals surface area contributed by atoms with E-state index in [4.69, 9.17) is 5.73 Å². The summed E-state index contributed by atoms with van der Waals surface area (Å²) in [5.41, 5.74) is 5.97. The standard InChI is InChI=1S/C9H12N2O2/c1-9(10)4-2-3-8(5-9)11(6-12)7-13/h2-4,6-7H,5,10H2,1H3. The first-order chi connectivity index (χ1) is 6.09. The first-order valence-corrected chi connectivity index (χ1v) is 3.95. The molecule has 1 aliphatic carbocycles. The molecule has 70 valence electrons. The molecule has 0 saturated heterocycles. The Morgan fingerprint density at radius 3 is 2.62 bits per heavy atom. The van der Waals surface area contributed by atoms with Crippen molar-refractivity contribution in [2.75, 3.05) is 0 Å². The molecule has 4 heteroatoms. The molecule has 0 heterocycles. The zero-order valence-corrected chi connectivity index (χ0v) is 7.43. The van der Waals surface area contributed by atoms with Crippen molar-refractivity contribution >= 4 is 12.8 Å². The molecule has 0 radical (unpaired) electrons. The Morgan fingerprint density at radius 2 is 2.15 bits per heavy atom. The molecule has 2 amide bonds. The van der Waals surface area contributed by atoms with Crippen molar-refractivity contribution in [3.63, 3.8) is 0 Å². The van der Waals surface area contributed by atoms with Crippen LogP contribution in [0.4, 0.5) is 0 Å². The number of carbonyl (C=O) groups excluding carboxylic acids is 2. The van der Waals surface area contributed by atoms with Crippen LogP contribution in [-0.2, 0) is 9.59 Å². The highest BCUT2D eigenvalue weighted by Gasteiger charge is 2.22. The molecule has 0 saturated carbocycles. The second kappa shape index (κ2) is 3.53. The van der Waals surface area contributed by atoms with Gasteiger partial charge in [0.2, 0.25) is 12.8 Å². The lowest BCUT2D eigenvalue weighted by atomic mass is 9.92. The average molecular weight is 180 g/mol. The normalized spacial score (nSPS) is 26.5. The molecule has 0 aromatic heterocycles. The van der Waals surface area contributed by atoms with Gasteiger partial charge in [0.05, 0.1) is 0 Å². The zero-order chi connectivity index (χ0) is 9.90. The van der Waals surface area contributed by atoms with Gasteiger partial charge in [-0.25, -0.2) is 0 Å². The van der Waals surface area contributed by atoms with Crippen LogP contribution in [-0.4, -0.2) is 23.3 Å². The van der Waals surface area contributed by atoms with Crippen LogP contribution < -0.4 is 5.73 Å². The maximum atomic E-state index is 10.4. The smallest absolute Gasteiger partial charge is 0.220 e. The molecule has 4 nitrogen and oxygen atoms in total. The maximum absolute atomic E-state index is 10.4. The minimum atomic E-state index is -0.478. The Morgan fingerprint density at radius 1 is 1.54 bits per heavy atom. The van der Waals surface area contributed by atoms with Crippen LogP contribution in [0.5, 0.6) is 0 Å². The summed E-state index contributed by atoms with van der Waals surface area (Å²) in [5, 5.41) is 0. The molecular formula is C9H12N2O2. The van der Waals surface area contributed by atoms with E-state index in [9.17, 15) is 9.59 Å². The van der Waals surface area contributed by atoms with Gasteiger partial charge in [0.1, 0.15) is 0 Å². The van der Waals surface area contributed by atoms with Crippen LogP contribution in [0.3, 0.4) is 0 Å². The molecule has 0 aliphatic heterocycles. The van der Waals surface area contributed by atoms with E-state index in [0.717, 1.165) is 4.90 Å². The van der Waals surface area contributed by atoms with Crippen LogP contribution in [0, 0.1) is 0 Å². The first kappa shape index (κ1) is 9.67. The van der Waals surface area contributed by atoms with Crippen LogP contribution in [0.2, 0.25) is 0 Å². The van der Waals surface area contributed by atoms with Crippen molar-refractivity contribution in [2.24, 2.45) is 5.73 Å². The lowest BCUT2D eigenvalue weighted by Gasteiger charge is -2.27. The van der Waals surface area contributed by atoms with E-state index in [2.05, 4.69) is 0 Å². The Labute approximate surface area is 76.7 Å². The fraction of sp³-hybridized carbons (Fsp3) is 0.333. The molecular weight excluding hydrogens is 168 g/mol. The predicted molar refractivity (Wildman–Crippen MR) is 48.4 cm³/mol.